The Hall–Kier alpha value is -1.53. The van der Waals surface area contributed by atoms with E-state index in [1.54, 1.807) is 37.3 Å². The van der Waals surface area contributed by atoms with Crippen LogP contribution < -0.4 is 0 Å². The van der Waals surface area contributed by atoms with Gasteiger partial charge in [-0.3, -0.25) is 4.79 Å². The molecule has 0 aliphatic rings. The quantitative estimate of drug-likeness (QED) is 0.699. The van der Waals surface area contributed by atoms with Crippen LogP contribution in [0, 0.1) is 18.3 Å². The molecule has 21 heavy (non-hydrogen) atoms. The number of nitriles is 1. The van der Waals surface area contributed by atoms with E-state index < -0.39 is 5.92 Å². The minimum Gasteiger partial charge on any atom is -0.292 e. The predicted molar refractivity (Wildman–Crippen MR) is 85.3 cm³/mol. The molecule has 0 saturated carbocycles. The Morgan fingerprint density at radius 2 is 1.71 bits per heavy atom. The van der Waals surface area contributed by atoms with E-state index in [9.17, 15) is 10.1 Å². The third kappa shape index (κ3) is 3.39. The molecule has 2 aromatic carbocycles. The first-order valence-electron chi connectivity index (χ1n) is 6.09. The number of carbonyl (C=O) groups is 1. The summed E-state index contributed by atoms with van der Waals surface area (Å²) in [4.78, 5) is 12.6. The maximum Gasteiger partial charge on any atom is 0.184 e. The second kappa shape index (κ2) is 6.49. The van der Waals surface area contributed by atoms with Gasteiger partial charge < -0.3 is 0 Å². The van der Waals surface area contributed by atoms with Crippen molar-refractivity contribution in [3.05, 3.63) is 68.2 Å². The highest BCUT2D eigenvalue weighted by molar-refractivity contribution is 6.35. The number of ketones is 1. The molecule has 0 heterocycles. The molecule has 0 radical (unpaired) electrons. The van der Waals surface area contributed by atoms with Crippen LogP contribution in [-0.4, -0.2) is 5.78 Å². The SMILES string of the molecule is Cc1ccc(Cl)cc1C(=O)C(C#N)c1ccc(Cl)cc1Cl. The van der Waals surface area contributed by atoms with E-state index in [2.05, 4.69) is 0 Å². The third-order valence-electron chi connectivity index (χ3n) is 3.13. The third-order valence-corrected chi connectivity index (χ3v) is 3.93. The maximum absolute atomic E-state index is 12.6. The minimum atomic E-state index is -0.994. The summed E-state index contributed by atoms with van der Waals surface area (Å²) in [6.45, 7) is 1.79. The van der Waals surface area contributed by atoms with Crippen molar-refractivity contribution in [2.45, 2.75) is 12.8 Å². The molecule has 0 N–H and O–H groups in total. The van der Waals surface area contributed by atoms with Crippen LogP contribution in [-0.2, 0) is 0 Å². The number of Topliss-reactive ketones (excluding diaryl/α,β-unsaturated/α-hetero) is 1. The summed E-state index contributed by atoms with van der Waals surface area (Å²) in [7, 11) is 0. The standard InChI is InChI=1S/C16H10Cl3NO/c1-9-2-3-10(17)6-13(9)16(21)14(8-20)12-5-4-11(18)7-15(12)19/h2-7,14H,1H3. The summed E-state index contributed by atoms with van der Waals surface area (Å²) < 4.78 is 0. The van der Waals surface area contributed by atoms with Gasteiger partial charge in [-0.05, 0) is 42.3 Å². The van der Waals surface area contributed by atoms with Gasteiger partial charge in [-0.2, -0.15) is 5.26 Å². The number of aryl methyl sites for hydroxylation is 1. The number of hydrogen-bond donors (Lipinski definition) is 0. The van der Waals surface area contributed by atoms with Crippen LogP contribution in [0.5, 0.6) is 0 Å². The highest BCUT2D eigenvalue weighted by Gasteiger charge is 2.25. The summed E-state index contributed by atoms with van der Waals surface area (Å²) >= 11 is 17.9. The zero-order chi connectivity index (χ0) is 15.6. The van der Waals surface area contributed by atoms with Gasteiger partial charge in [0.05, 0.1) is 6.07 Å². The largest absolute Gasteiger partial charge is 0.292 e. The Morgan fingerprint density at radius 1 is 1.10 bits per heavy atom. The van der Waals surface area contributed by atoms with Crippen molar-refractivity contribution in [1.82, 2.24) is 0 Å². The fourth-order valence-electron chi connectivity index (χ4n) is 2.02. The average Bonchev–Trinajstić information content (AvgIpc) is 2.44. The van der Waals surface area contributed by atoms with E-state index in [0.717, 1.165) is 5.56 Å². The fourth-order valence-corrected chi connectivity index (χ4v) is 2.71. The molecular formula is C16H10Cl3NO. The highest BCUT2D eigenvalue weighted by Crippen LogP contribution is 2.31. The first-order chi connectivity index (χ1) is 9.93. The number of benzene rings is 2. The highest BCUT2D eigenvalue weighted by atomic mass is 35.5. The van der Waals surface area contributed by atoms with Crippen molar-refractivity contribution in [3.8, 4) is 6.07 Å². The van der Waals surface area contributed by atoms with Crippen LogP contribution in [0.2, 0.25) is 15.1 Å². The van der Waals surface area contributed by atoms with Gasteiger partial charge in [0.2, 0.25) is 0 Å². The molecule has 0 aliphatic heterocycles. The number of halogens is 3. The van der Waals surface area contributed by atoms with Gasteiger partial charge in [-0.15, -0.1) is 0 Å². The molecule has 0 spiro atoms. The second-order valence-corrected chi connectivity index (χ2v) is 5.83. The zero-order valence-electron chi connectivity index (χ0n) is 11.0. The Morgan fingerprint density at radius 3 is 2.33 bits per heavy atom. The molecule has 2 aromatic rings. The predicted octanol–water partition coefficient (Wildman–Crippen LogP) is 5.45. The first-order valence-corrected chi connectivity index (χ1v) is 7.22. The topological polar surface area (TPSA) is 40.9 Å². The Kier molecular flexibility index (Phi) is 4.90. The molecule has 0 amide bonds. The lowest BCUT2D eigenvalue weighted by Crippen LogP contribution is -2.13. The van der Waals surface area contributed by atoms with Gasteiger partial charge >= 0.3 is 0 Å². The van der Waals surface area contributed by atoms with Crippen molar-refractivity contribution in [2.24, 2.45) is 0 Å². The smallest absolute Gasteiger partial charge is 0.184 e. The lowest BCUT2D eigenvalue weighted by Gasteiger charge is -2.12. The van der Waals surface area contributed by atoms with Crippen molar-refractivity contribution >= 4 is 40.6 Å². The van der Waals surface area contributed by atoms with E-state index in [1.807, 2.05) is 6.07 Å². The van der Waals surface area contributed by atoms with Crippen molar-refractivity contribution in [2.75, 3.05) is 0 Å². The van der Waals surface area contributed by atoms with Crippen molar-refractivity contribution < 1.29 is 4.79 Å². The van der Waals surface area contributed by atoms with Crippen LogP contribution in [0.3, 0.4) is 0 Å². The Bertz CT molecular complexity index is 750. The van der Waals surface area contributed by atoms with E-state index >= 15 is 0 Å². The molecular weight excluding hydrogens is 329 g/mol. The summed E-state index contributed by atoms with van der Waals surface area (Å²) in [5, 5.41) is 10.6. The average molecular weight is 339 g/mol. The van der Waals surface area contributed by atoms with Gasteiger partial charge in [0.15, 0.2) is 5.78 Å². The molecule has 5 heteroatoms. The summed E-state index contributed by atoms with van der Waals surface area (Å²) in [6, 6.07) is 11.7. The van der Waals surface area contributed by atoms with Crippen LogP contribution in [0.4, 0.5) is 0 Å². The van der Waals surface area contributed by atoms with Gasteiger partial charge in [0, 0.05) is 20.6 Å². The zero-order valence-corrected chi connectivity index (χ0v) is 13.3. The molecule has 106 valence electrons. The molecule has 1 unspecified atom stereocenters. The van der Waals surface area contributed by atoms with E-state index in [0.29, 0.717) is 26.2 Å². The van der Waals surface area contributed by atoms with E-state index in [4.69, 9.17) is 34.8 Å². The number of hydrogen-bond acceptors (Lipinski definition) is 2. The maximum atomic E-state index is 12.6. The van der Waals surface area contributed by atoms with Gasteiger partial charge in [-0.25, -0.2) is 0 Å². The number of rotatable bonds is 3. The van der Waals surface area contributed by atoms with Crippen molar-refractivity contribution in [1.29, 1.82) is 5.26 Å². The molecule has 2 nitrogen and oxygen atoms in total. The fraction of sp³-hybridized carbons (Fsp3) is 0.125. The summed E-state index contributed by atoms with van der Waals surface area (Å²) in [6.07, 6.45) is 0. The molecule has 0 saturated heterocycles. The van der Waals surface area contributed by atoms with Crippen LogP contribution in [0.15, 0.2) is 36.4 Å². The van der Waals surface area contributed by atoms with Gasteiger partial charge in [0.1, 0.15) is 5.92 Å². The van der Waals surface area contributed by atoms with E-state index in [-0.39, 0.29) is 5.78 Å². The Labute approximate surface area is 137 Å². The molecule has 1 atom stereocenters. The van der Waals surface area contributed by atoms with Gasteiger partial charge in [-0.1, -0.05) is 46.9 Å². The van der Waals surface area contributed by atoms with Gasteiger partial charge in [0.25, 0.3) is 0 Å². The number of nitrogens with zero attached hydrogens (tertiary/aromatic N) is 1. The minimum absolute atomic E-state index is 0.294. The summed E-state index contributed by atoms with van der Waals surface area (Å²) in [5.41, 5.74) is 1.61. The van der Waals surface area contributed by atoms with Crippen molar-refractivity contribution in [3.63, 3.8) is 0 Å². The van der Waals surface area contributed by atoms with Crippen LogP contribution in [0.25, 0.3) is 0 Å². The Balaban J connectivity index is 2.49. The lowest BCUT2D eigenvalue weighted by molar-refractivity contribution is 0.0978. The molecule has 0 fully saturated rings. The molecule has 0 aromatic heterocycles. The monoisotopic (exact) mass is 337 g/mol. The molecule has 2 rings (SSSR count). The van der Waals surface area contributed by atoms with Crippen LogP contribution in [0.1, 0.15) is 27.4 Å². The second-order valence-electron chi connectivity index (χ2n) is 4.55. The summed E-state index contributed by atoms with van der Waals surface area (Å²) in [5.74, 6) is -1.33. The molecule has 0 bridgehead atoms. The number of carbonyl (C=O) groups excluding carboxylic acids is 1. The molecule has 0 aliphatic carbocycles. The normalized spacial score (nSPS) is 11.8. The van der Waals surface area contributed by atoms with E-state index in [1.165, 1.54) is 6.07 Å². The first kappa shape index (κ1) is 15.9. The lowest BCUT2D eigenvalue weighted by atomic mass is 9.90. The van der Waals surface area contributed by atoms with Crippen LogP contribution >= 0.6 is 34.8 Å².